The van der Waals surface area contributed by atoms with E-state index >= 15 is 0 Å². The van der Waals surface area contributed by atoms with Gasteiger partial charge in [0, 0.05) is 38.0 Å². The summed E-state index contributed by atoms with van der Waals surface area (Å²) in [6.07, 6.45) is 3.83. The number of benzene rings is 1. The molecule has 0 spiro atoms. The van der Waals surface area contributed by atoms with E-state index in [0.29, 0.717) is 19.4 Å². The van der Waals surface area contributed by atoms with Crippen molar-refractivity contribution in [2.24, 2.45) is 0 Å². The second-order valence-corrected chi connectivity index (χ2v) is 7.11. The number of furan rings is 1. The van der Waals surface area contributed by atoms with E-state index in [0.717, 1.165) is 25.3 Å². The quantitative estimate of drug-likeness (QED) is 0.887. The Morgan fingerprint density at radius 2 is 2.00 bits per heavy atom. The highest BCUT2D eigenvalue weighted by Crippen LogP contribution is 2.24. The van der Waals surface area contributed by atoms with Crippen LogP contribution in [0.25, 0.3) is 0 Å². The maximum atomic E-state index is 12.1. The van der Waals surface area contributed by atoms with E-state index in [9.17, 15) is 4.79 Å². The summed E-state index contributed by atoms with van der Waals surface area (Å²) < 4.78 is 5.27. The average molecular weight is 326 g/mol. The number of carbonyl (C=O) groups is 1. The average Bonchev–Trinajstić information content (AvgIpc) is 3.11. The Morgan fingerprint density at radius 1 is 1.21 bits per heavy atom. The summed E-state index contributed by atoms with van der Waals surface area (Å²) in [6.45, 7) is 7.05. The lowest BCUT2D eigenvalue weighted by atomic mass is 9.94. The second-order valence-electron chi connectivity index (χ2n) is 7.11. The largest absolute Gasteiger partial charge is 0.469 e. The molecule has 1 aliphatic heterocycles. The first kappa shape index (κ1) is 16.8. The molecule has 3 rings (SSSR count). The van der Waals surface area contributed by atoms with Gasteiger partial charge in [-0.3, -0.25) is 9.69 Å². The Labute approximate surface area is 143 Å². The van der Waals surface area contributed by atoms with Crippen molar-refractivity contribution in [1.82, 2.24) is 10.2 Å². The van der Waals surface area contributed by atoms with Gasteiger partial charge >= 0.3 is 0 Å². The summed E-state index contributed by atoms with van der Waals surface area (Å²) in [5.74, 6) is 0.939. The SMILES string of the molecule is CC(C)(CNC(=O)CCc1ccco1)N1CCc2ccccc2C1. The van der Waals surface area contributed by atoms with E-state index < -0.39 is 0 Å². The first-order valence-electron chi connectivity index (χ1n) is 8.65. The van der Waals surface area contributed by atoms with Gasteiger partial charge in [-0.2, -0.15) is 0 Å². The van der Waals surface area contributed by atoms with Gasteiger partial charge in [-0.05, 0) is 43.5 Å². The molecule has 0 fully saturated rings. The molecule has 1 aliphatic rings. The van der Waals surface area contributed by atoms with E-state index in [-0.39, 0.29) is 11.4 Å². The Balaban J connectivity index is 1.50. The maximum Gasteiger partial charge on any atom is 0.220 e. The van der Waals surface area contributed by atoms with Crippen LogP contribution in [0.5, 0.6) is 0 Å². The van der Waals surface area contributed by atoms with Crippen molar-refractivity contribution < 1.29 is 9.21 Å². The third-order valence-corrected chi connectivity index (χ3v) is 4.88. The summed E-state index contributed by atoms with van der Waals surface area (Å²) in [4.78, 5) is 14.6. The molecule has 1 N–H and O–H groups in total. The van der Waals surface area contributed by atoms with Crippen LogP contribution in [0.3, 0.4) is 0 Å². The summed E-state index contributed by atoms with van der Waals surface area (Å²) >= 11 is 0. The Kier molecular flexibility index (Phi) is 5.05. The van der Waals surface area contributed by atoms with Crippen LogP contribution in [0.2, 0.25) is 0 Å². The molecule has 1 aromatic carbocycles. The molecule has 1 aromatic heterocycles. The molecular weight excluding hydrogens is 300 g/mol. The van der Waals surface area contributed by atoms with Gasteiger partial charge in [0.2, 0.25) is 5.91 Å². The number of hydrogen-bond acceptors (Lipinski definition) is 3. The van der Waals surface area contributed by atoms with E-state index in [2.05, 4.69) is 48.3 Å². The number of nitrogens with one attached hydrogen (secondary N) is 1. The molecule has 0 bridgehead atoms. The molecule has 0 saturated carbocycles. The highest BCUT2D eigenvalue weighted by Gasteiger charge is 2.29. The topological polar surface area (TPSA) is 45.5 Å². The van der Waals surface area contributed by atoms with Crippen molar-refractivity contribution in [2.45, 2.75) is 45.2 Å². The fraction of sp³-hybridized carbons (Fsp3) is 0.450. The predicted octanol–water partition coefficient (Wildman–Crippen LogP) is 3.17. The zero-order chi connectivity index (χ0) is 17.0. The molecule has 24 heavy (non-hydrogen) atoms. The third kappa shape index (κ3) is 4.06. The fourth-order valence-corrected chi connectivity index (χ4v) is 3.22. The number of nitrogens with zero attached hydrogens (tertiary/aromatic N) is 1. The lowest BCUT2D eigenvalue weighted by Crippen LogP contribution is -2.53. The number of amides is 1. The molecule has 2 aromatic rings. The lowest BCUT2D eigenvalue weighted by Gasteiger charge is -2.41. The smallest absolute Gasteiger partial charge is 0.220 e. The van der Waals surface area contributed by atoms with Crippen LogP contribution in [-0.2, 0) is 24.2 Å². The maximum absolute atomic E-state index is 12.1. The summed E-state index contributed by atoms with van der Waals surface area (Å²) in [7, 11) is 0. The van der Waals surface area contributed by atoms with Gasteiger partial charge < -0.3 is 9.73 Å². The minimum Gasteiger partial charge on any atom is -0.469 e. The molecule has 4 heteroatoms. The molecule has 0 radical (unpaired) electrons. The van der Waals surface area contributed by atoms with E-state index in [1.54, 1.807) is 6.26 Å². The van der Waals surface area contributed by atoms with Gasteiger partial charge in [0.25, 0.3) is 0 Å². The molecular formula is C20H26N2O2. The molecule has 128 valence electrons. The Hall–Kier alpha value is -2.07. The lowest BCUT2D eigenvalue weighted by molar-refractivity contribution is -0.121. The van der Waals surface area contributed by atoms with Crippen molar-refractivity contribution in [3.05, 3.63) is 59.5 Å². The molecule has 4 nitrogen and oxygen atoms in total. The summed E-state index contributed by atoms with van der Waals surface area (Å²) in [5.41, 5.74) is 2.79. The van der Waals surface area contributed by atoms with Crippen LogP contribution in [0.1, 0.15) is 37.2 Å². The van der Waals surface area contributed by atoms with Gasteiger partial charge in [0.15, 0.2) is 0 Å². The van der Waals surface area contributed by atoms with Crippen molar-refractivity contribution in [2.75, 3.05) is 13.1 Å². The van der Waals surface area contributed by atoms with Crippen molar-refractivity contribution in [3.63, 3.8) is 0 Å². The Morgan fingerprint density at radius 3 is 2.75 bits per heavy atom. The molecule has 0 atom stereocenters. The molecule has 0 unspecified atom stereocenters. The third-order valence-electron chi connectivity index (χ3n) is 4.88. The first-order chi connectivity index (χ1) is 11.5. The van der Waals surface area contributed by atoms with Crippen LogP contribution in [0.15, 0.2) is 47.1 Å². The predicted molar refractivity (Wildman–Crippen MR) is 94.7 cm³/mol. The Bertz CT molecular complexity index is 677. The molecule has 0 saturated heterocycles. The standard InChI is InChI=1S/C20H26N2O2/c1-20(2,15-21-19(23)10-9-18-8-5-13-24-18)22-12-11-16-6-3-4-7-17(16)14-22/h3-8,13H,9-12,14-15H2,1-2H3,(H,21,23). The first-order valence-corrected chi connectivity index (χ1v) is 8.65. The second kappa shape index (κ2) is 7.22. The number of carbonyl (C=O) groups excluding carboxylic acids is 1. The summed E-state index contributed by atoms with van der Waals surface area (Å²) in [6, 6.07) is 12.4. The number of hydrogen-bond donors (Lipinski definition) is 1. The highest BCUT2D eigenvalue weighted by atomic mass is 16.3. The zero-order valence-electron chi connectivity index (χ0n) is 14.5. The van der Waals surface area contributed by atoms with Crippen LogP contribution < -0.4 is 5.32 Å². The van der Waals surface area contributed by atoms with Crippen LogP contribution >= 0.6 is 0 Å². The van der Waals surface area contributed by atoms with Gasteiger partial charge in [-0.15, -0.1) is 0 Å². The van der Waals surface area contributed by atoms with Crippen molar-refractivity contribution in [1.29, 1.82) is 0 Å². The number of aryl methyl sites for hydroxylation is 1. The van der Waals surface area contributed by atoms with Gasteiger partial charge in [0.1, 0.15) is 5.76 Å². The highest BCUT2D eigenvalue weighted by molar-refractivity contribution is 5.76. The van der Waals surface area contributed by atoms with Gasteiger partial charge in [-0.25, -0.2) is 0 Å². The van der Waals surface area contributed by atoms with Crippen LogP contribution in [0, 0.1) is 0 Å². The number of rotatable bonds is 6. The monoisotopic (exact) mass is 326 g/mol. The van der Waals surface area contributed by atoms with E-state index in [1.165, 1.54) is 11.1 Å². The van der Waals surface area contributed by atoms with Gasteiger partial charge in [0.05, 0.1) is 6.26 Å². The fourth-order valence-electron chi connectivity index (χ4n) is 3.22. The molecule has 2 heterocycles. The van der Waals surface area contributed by atoms with E-state index in [4.69, 9.17) is 4.42 Å². The minimum atomic E-state index is -0.0616. The number of fused-ring (bicyclic) bond motifs is 1. The molecule has 0 aliphatic carbocycles. The van der Waals surface area contributed by atoms with Crippen molar-refractivity contribution in [3.8, 4) is 0 Å². The van der Waals surface area contributed by atoms with Gasteiger partial charge in [-0.1, -0.05) is 24.3 Å². The molecule has 1 amide bonds. The van der Waals surface area contributed by atoms with E-state index in [1.807, 2.05) is 12.1 Å². The zero-order valence-corrected chi connectivity index (χ0v) is 14.5. The van der Waals surface area contributed by atoms with Crippen LogP contribution in [-0.4, -0.2) is 29.4 Å². The normalized spacial score (nSPS) is 15.1. The minimum absolute atomic E-state index is 0.0616. The van der Waals surface area contributed by atoms with Crippen molar-refractivity contribution >= 4 is 5.91 Å². The van der Waals surface area contributed by atoms with Crippen LogP contribution in [0.4, 0.5) is 0 Å². The summed E-state index contributed by atoms with van der Waals surface area (Å²) in [5, 5.41) is 3.08.